The maximum absolute atomic E-state index is 9.25. The van der Waals surface area contributed by atoms with Crippen LogP contribution in [0.5, 0.6) is 0 Å². The second-order valence-corrected chi connectivity index (χ2v) is 0.904. The van der Waals surface area contributed by atoms with Gasteiger partial charge in [0.15, 0.2) is 0 Å². The van der Waals surface area contributed by atoms with Crippen molar-refractivity contribution in [3.8, 4) is 0 Å². The van der Waals surface area contributed by atoms with E-state index in [2.05, 4.69) is 0 Å². The second kappa shape index (κ2) is 6.31. The van der Waals surface area contributed by atoms with E-state index in [1.165, 1.54) is 13.2 Å². The first-order valence-corrected chi connectivity index (χ1v) is 1.51. The third kappa shape index (κ3) is 10.7. The quantitative estimate of drug-likeness (QED) is 0.358. The van der Waals surface area contributed by atoms with E-state index in [4.69, 9.17) is 5.11 Å². The normalized spacial score (nSPS) is 9.57. The number of aliphatic hydroxyl groups is 1. The molecule has 1 N–H and O–H groups in total. The van der Waals surface area contributed by atoms with Gasteiger partial charge < -0.3 is 9.90 Å². The first-order chi connectivity index (χ1) is 2.77. The van der Waals surface area contributed by atoms with Crippen LogP contribution in [0.2, 0.25) is 0 Å². The van der Waals surface area contributed by atoms with Gasteiger partial charge in [-0.15, -0.1) is 0 Å². The SMILES string of the molecule is C/C(O)=C/[C-]=O.[Y]. The fourth-order valence-electron chi connectivity index (χ4n) is 0.0853. The minimum absolute atomic E-state index is 0. The standard InChI is InChI=1S/C4H5O2.Y/c1-4(6)2-3-5;/h2,6H,1H3;/q-1;/b4-2-;. The van der Waals surface area contributed by atoms with Gasteiger partial charge in [-0.3, -0.25) is 0 Å². The average molecular weight is 174 g/mol. The van der Waals surface area contributed by atoms with E-state index >= 15 is 0 Å². The Kier molecular flexibility index (Phi) is 9.31. The molecule has 0 saturated carbocycles. The van der Waals surface area contributed by atoms with E-state index in [-0.39, 0.29) is 38.5 Å². The van der Waals surface area contributed by atoms with E-state index in [9.17, 15) is 4.79 Å². The summed E-state index contributed by atoms with van der Waals surface area (Å²) < 4.78 is 0. The molecule has 0 bridgehead atoms. The minimum atomic E-state index is -0.00926. The Labute approximate surface area is 67.5 Å². The number of carbonyl (C=O) groups excluding carboxylic acids is 1. The first kappa shape index (κ1) is 10.3. The minimum Gasteiger partial charge on any atom is -0.597 e. The summed E-state index contributed by atoms with van der Waals surface area (Å²) in [7, 11) is 0. The van der Waals surface area contributed by atoms with Crippen LogP contribution in [-0.2, 0) is 37.5 Å². The van der Waals surface area contributed by atoms with Crippen LogP contribution in [0.15, 0.2) is 11.8 Å². The molecular weight excluding hydrogens is 169 g/mol. The summed E-state index contributed by atoms with van der Waals surface area (Å²) >= 11 is 0. The Bertz CT molecular complexity index is 73.8. The maximum Gasteiger partial charge on any atom is 0 e. The molecular formula is C4H5O2Y-. The van der Waals surface area contributed by atoms with Crippen LogP contribution >= 0.6 is 0 Å². The zero-order valence-electron chi connectivity index (χ0n) is 4.01. The Morgan fingerprint density at radius 2 is 2.29 bits per heavy atom. The Hall–Kier alpha value is 0.314. The topological polar surface area (TPSA) is 37.3 Å². The molecule has 0 aliphatic heterocycles. The molecule has 0 atom stereocenters. The summed E-state index contributed by atoms with van der Waals surface area (Å²) in [6.45, 7) is 1.41. The fraction of sp³-hybridized carbons (Fsp3) is 0.250. The van der Waals surface area contributed by atoms with Crippen molar-refractivity contribution in [2.75, 3.05) is 0 Å². The summed E-state index contributed by atoms with van der Waals surface area (Å²) in [5, 5.41) is 8.15. The van der Waals surface area contributed by atoms with E-state index in [0.29, 0.717) is 0 Å². The molecule has 0 aromatic heterocycles. The molecule has 7 heavy (non-hydrogen) atoms. The molecule has 37 valence electrons. The smallest absolute Gasteiger partial charge is 0 e. The molecule has 0 aromatic carbocycles. The first-order valence-electron chi connectivity index (χ1n) is 1.51. The van der Waals surface area contributed by atoms with Crippen LogP contribution < -0.4 is 0 Å². The molecule has 0 aliphatic carbocycles. The van der Waals surface area contributed by atoms with Gasteiger partial charge in [-0.2, -0.15) is 6.08 Å². The second-order valence-electron chi connectivity index (χ2n) is 0.904. The van der Waals surface area contributed by atoms with Gasteiger partial charge >= 0.3 is 0 Å². The average Bonchev–Trinajstić information content (AvgIpc) is 1.35. The third-order valence-corrected chi connectivity index (χ3v) is 0.268. The zero-order chi connectivity index (χ0) is 4.99. The van der Waals surface area contributed by atoms with Crippen molar-refractivity contribution in [2.24, 2.45) is 0 Å². The molecule has 0 aliphatic rings. The summed E-state index contributed by atoms with van der Waals surface area (Å²) in [6, 6.07) is 0. The van der Waals surface area contributed by atoms with Crippen molar-refractivity contribution < 1.29 is 42.6 Å². The van der Waals surface area contributed by atoms with Gasteiger partial charge in [0.1, 0.15) is 0 Å². The Morgan fingerprint density at radius 1 is 1.86 bits per heavy atom. The van der Waals surface area contributed by atoms with Gasteiger partial charge in [-0.05, 0) is 6.29 Å². The molecule has 0 spiro atoms. The van der Waals surface area contributed by atoms with Crippen LogP contribution in [-0.4, -0.2) is 11.4 Å². The van der Waals surface area contributed by atoms with Crippen LogP contribution in [0, 0.1) is 0 Å². The van der Waals surface area contributed by atoms with E-state index in [1.807, 2.05) is 0 Å². The van der Waals surface area contributed by atoms with Crippen molar-refractivity contribution >= 4 is 6.29 Å². The largest absolute Gasteiger partial charge is 0.597 e. The van der Waals surface area contributed by atoms with Gasteiger partial charge in [0.05, 0.1) is 0 Å². The van der Waals surface area contributed by atoms with Gasteiger partial charge in [0.25, 0.3) is 0 Å². The van der Waals surface area contributed by atoms with Crippen molar-refractivity contribution in [3.05, 3.63) is 11.8 Å². The number of allylic oxidation sites excluding steroid dienone is 2. The van der Waals surface area contributed by atoms with Crippen molar-refractivity contribution in [1.82, 2.24) is 0 Å². The predicted octanol–water partition coefficient (Wildman–Crippen LogP) is 0.555. The predicted molar refractivity (Wildman–Crippen MR) is 22.1 cm³/mol. The van der Waals surface area contributed by atoms with Crippen LogP contribution in [0.3, 0.4) is 0 Å². The molecule has 0 rings (SSSR count). The van der Waals surface area contributed by atoms with Crippen molar-refractivity contribution in [2.45, 2.75) is 6.92 Å². The van der Waals surface area contributed by atoms with Crippen LogP contribution in [0.4, 0.5) is 0 Å². The molecule has 0 saturated heterocycles. The Balaban J connectivity index is 0. The van der Waals surface area contributed by atoms with Gasteiger partial charge in [-0.1, -0.05) is 12.7 Å². The number of rotatable bonds is 1. The molecule has 0 fully saturated rings. The molecule has 0 unspecified atom stereocenters. The monoisotopic (exact) mass is 174 g/mol. The van der Waals surface area contributed by atoms with E-state index in [0.717, 1.165) is 6.08 Å². The van der Waals surface area contributed by atoms with Crippen LogP contribution in [0.25, 0.3) is 0 Å². The summed E-state index contributed by atoms with van der Waals surface area (Å²) in [5.74, 6) is -0.00926. The number of hydrogen-bond donors (Lipinski definition) is 1. The van der Waals surface area contributed by atoms with Gasteiger partial charge in [0.2, 0.25) is 0 Å². The van der Waals surface area contributed by atoms with Crippen LogP contribution in [0.1, 0.15) is 6.92 Å². The summed E-state index contributed by atoms with van der Waals surface area (Å²) in [4.78, 5) is 9.25. The third-order valence-electron chi connectivity index (χ3n) is 0.268. The van der Waals surface area contributed by atoms with Gasteiger partial charge in [-0.25, -0.2) is 0 Å². The number of hydrogen-bond acceptors (Lipinski definition) is 2. The summed E-state index contributed by atoms with van der Waals surface area (Å²) in [5.41, 5.74) is 0. The van der Waals surface area contributed by atoms with Crippen molar-refractivity contribution in [3.63, 3.8) is 0 Å². The van der Waals surface area contributed by atoms with E-state index < -0.39 is 0 Å². The summed E-state index contributed by atoms with van der Waals surface area (Å²) in [6.07, 6.45) is 2.36. The number of aliphatic hydroxyl groups excluding tert-OH is 1. The molecule has 0 aromatic rings. The molecule has 0 heterocycles. The molecule has 0 amide bonds. The fourth-order valence-corrected chi connectivity index (χ4v) is 0.0853. The maximum atomic E-state index is 9.25. The molecule has 1 radical (unpaired) electrons. The van der Waals surface area contributed by atoms with E-state index in [1.54, 1.807) is 0 Å². The molecule has 3 heteroatoms. The van der Waals surface area contributed by atoms with Gasteiger partial charge in [0, 0.05) is 32.7 Å². The van der Waals surface area contributed by atoms with Crippen molar-refractivity contribution in [1.29, 1.82) is 0 Å². The zero-order valence-corrected chi connectivity index (χ0v) is 6.85. The molecule has 2 nitrogen and oxygen atoms in total. The Morgan fingerprint density at radius 3 is 2.29 bits per heavy atom.